The van der Waals surface area contributed by atoms with Crippen LogP contribution in [-0.2, 0) is 4.79 Å². The monoisotopic (exact) mass is 476 g/mol. The summed E-state index contributed by atoms with van der Waals surface area (Å²) in [5, 5.41) is 4.13. The van der Waals surface area contributed by atoms with Crippen molar-refractivity contribution in [3.05, 3.63) is 91.0 Å². The van der Waals surface area contributed by atoms with E-state index in [0.717, 1.165) is 0 Å². The van der Waals surface area contributed by atoms with E-state index in [1.165, 1.54) is 15.9 Å². The van der Waals surface area contributed by atoms with Gasteiger partial charge in [0.15, 0.2) is 5.78 Å². The number of carbonyl (C=O) groups excluding carboxylic acids is 1. The molecule has 3 aromatic carbocycles. The molecule has 0 fully saturated rings. The Hall–Kier alpha value is -1.28. The van der Waals surface area contributed by atoms with Gasteiger partial charge in [-0.1, -0.05) is 70.5 Å². The van der Waals surface area contributed by atoms with Crippen LogP contribution in [0.2, 0.25) is 0 Å². The lowest BCUT2D eigenvalue weighted by Gasteiger charge is -2.26. The summed E-state index contributed by atoms with van der Waals surface area (Å²) in [6.07, 6.45) is 0.538. The van der Waals surface area contributed by atoms with Crippen molar-refractivity contribution in [3.63, 3.8) is 0 Å². The van der Waals surface area contributed by atoms with E-state index in [0.29, 0.717) is 11.5 Å². The molecule has 0 amide bonds. The first-order chi connectivity index (χ1) is 11.8. The van der Waals surface area contributed by atoms with Crippen LogP contribution in [0, 0.1) is 0 Å². The van der Waals surface area contributed by atoms with E-state index in [4.69, 9.17) is 0 Å². The molecule has 0 N–H and O–H groups in total. The molecule has 0 saturated heterocycles. The summed E-state index contributed by atoms with van der Waals surface area (Å²) in [4.78, 5) is 12.5. The van der Waals surface area contributed by atoms with E-state index in [1.54, 1.807) is 0 Å². The number of hydrogen-bond acceptors (Lipinski definition) is 1. The molecular formula is C21H19Br2OP. The summed E-state index contributed by atoms with van der Waals surface area (Å²) in [7, 11) is -2.01. The van der Waals surface area contributed by atoms with E-state index in [-0.39, 0.29) is 22.8 Å². The van der Waals surface area contributed by atoms with Crippen LogP contribution in [0.4, 0.5) is 0 Å². The molecule has 0 unspecified atom stereocenters. The van der Waals surface area contributed by atoms with Crippen molar-refractivity contribution in [2.24, 2.45) is 0 Å². The van der Waals surface area contributed by atoms with Gasteiger partial charge in [-0.15, -0.1) is 0 Å². The van der Waals surface area contributed by atoms with Gasteiger partial charge in [0.1, 0.15) is 29.3 Å². The van der Waals surface area contributed by atoms with Crippen LogP contribution in [0.5, 0.6) is 0 Å². The third kappa shape index (κ3) is 4.28. The zero-order chi connectivity index (χ0) is 16.8. The van der Waals surface area contributed by atoms with Gasteiger partial charge in [0.2, 0.25) is 0 Å². The van der Waals surface area contributed by atoms with Crippen LogP contribution < -0.4 is 32.9 Å². The number of alkyl halides is 1. The maximum Gasteiger partial charge on any atom is 0.181 e. The van der Waals surface area contributed by atoms with Crippen molar-refractivity contribution in [1.29, 1.82) is 0 Å². The Labute approximate surface area is 168 Å². The highest BCUT2D eigenvalue weighted by atomic mass is 79.9. The summed E-state index contributed by atoms with van der Waals surface area (Å²) in [6.45, 7) is 0. The number of halogens is 2. The number of rotatable bonds is 6. The molecule has 0 aliphatic heterocycles. The Kier molecular flexibility index (Phi) is 7.56. The average molecular weight is 478 g/mol. The zero-order valence-electron chi connectivity index (χ0n) is 13.7. The molecule has 0 aliphatic rings. The van der Waals surface area contributed by atoms with Crippen LogP contribution in [0.1, 0.15) is 0 Å². The van der Waals surface area contributed by atoms with Crippen molar-refractivity contribution in [3.8, 4) is 0 Å². The fraction of sp³-hybridized carbons (Fsp3) is 0.0952. The minimum Gasteiger partial charge on any atom is -1.00 e. The first kappa shape index (κ1) is 20.0. The quantitative estimate of drug-likeness (QED) is 0.381. The van der Waals surface area contributed by atoms with Gasteiger partial charge in [0, 0.05) is 0 Å². The van der Waals surface area contributed by atoms with Crippen molar-refractivity contribution in [2.75, 3.05) is 11.5 Å². The van der Waals surface area contributed by atoms with Gasteiger partial charge in [0.25, 0.3) is 0 Å². The van der Waals surface area contributed by atoms with E-state index in [1.807, 2.05) is 18.2 Å². The molecule has 1 nitrogen and oxygen atoms in total. The molecule has 3 rings (SSSR count). The summed E-state index contributed by atoms with van der Waals surface area (Å²) < 4.78 is 0. The third-order valence-electron chi connectivity index (χ3n) is 4.15. The highest BCUT2D eigenvalue weighted by Gasteiger charge is 2.46. The first-order valence-electron chi connectivity index (χ1n) is 7.90. The van der Waals surface area contributed by atoms with E-state index < -0.39 is 7.26 Å². The predicted molar refractivity (Wildman–Crippen MR) is 109 cm³/mol. The second-order valence-electron chi connectivity index (χ2n) is 5.65. The van der Waals surface area contributed by atoms with Crippen molar-refractivity contribution < 1.29 is 21.8 Å². The van der Waals surface area contributed by atoms with E-state index >= 15 is 0 Å². The van der Waals surface area contributed by atoms with Crippen LogP contribution in [-0.4, -0.2) is 17.3 Å². The second-order valence-corrected chi connectivity index (χ2v) is 9.69. The van der Waals surface area contributed by atoms with Crippen molar-refractivity contribution in [2.45, 2.75) is 0 Å². The molecule has 3 aromatic rings. The molecule has 0 radical (unpaired) electrons. The normalized spacial score (nSPS) is 10.8. The lowest BCUT2D eigenvalue weighted by Crippen LogP contribution is -3.00. The second kappa shape index (κ2) is 9.43. The maximum absolute atomic E-state index is 12.5. The van der Waals surface area contributed by atoms with Gasteiger partial charge >= 0.3 is 0 Å². The minimum atomic E-state index is -2.01. The number of benzene rings is 3. The van der Waals surface area contributed by atoms with Gasteiger partial charge in [-0.25, -0.2) is 0 Å². The fourth-order valence-corrected chi connectivity index (χ4v) is 7.71. The van der Waals surface area contributed by atoms with Gasteiger partial charge in [0.05, 0.1) is 5.33 Å². The van der Waals surface area contributed by atoms with Gasteiger partial charge in [-0.05, 0) is 36.4 Å². The predicted octanol–water partition coefficient (Wildman–Crippen LogP) is 0.948. The average Bonchev–Trinajstić information content (AvgIpc) is 2.68. The smallest absolute Gasteiger partial charge is 0.181 e. The van der Waals surface area contributed by atoms with E-state index in [9.17, 15) is 4.79 Å². The van der Waals surface area contributed by atoms with Gasteiger partial charge in [-0.3, -0.25) is 4.79 Å². The first-order valence-corrected chi connectivity index (χ1v) is 11.0. The number of Topliss-reactive ketones (excluding diaryl/α,β-unsaturated/α-hetero) is 1. The Bertz CT molecular complexity index is 695. The maximum atomic E-state index is 12.5. The molecule has 0 bridgehead atoms. The topological polar surface area (TPSA) is 17.1 Å². The molecule has 0 heterocycles. The Morgan fingerprint density at radius 1 is 0.680 bits per heavy atom. The third-order valence-corrected chi connectivity index (χ3v) is 9.15. The summed E-state index contributed by atoms with van der Waals surface area (Å²) in [5.41, 5.74) is 0. The Balaban J connectivity index is 0.00000225. The number of carbonyl (C=O) groups is 1. The fourth-order valence-electron chi connectivity index (χ4n) is 3.08. The number of hydrogen-bond donors (Lipinski definition) is 0. The summed E-state index contributed by atoms with van der Waals surface area (Å²) in [5.74, 6) is 0.236. The lowest BCUT2D eigenvalue weighted by atomic mass is 10.4. The minimum absolute atomic E-state index is 0. The van der Waals surface area contributed by atoms with Gasteiger partial charge in [-0.2, -0.15) is 0 Å². The largest absolute Gasteiger partial charge is 1.00 e. The van der Waals surface area contributed by atoms with E-state index in [2.05, 4.69) is 88.7 Å². The Morgan fingerprint density at radius 2 is 1.00 bits per heavy atom. The SMILES string of the molecule is O=C(CBr)C[P+](c1ccccc1)(c1ccccc1)c1ccccc1.[Br-]. The molecule has 0 aliphatic carbocycles. The lowest BCUT2D eigenvalue weighted by molar-refractivity contribution is -0.114. The molecule has 25 heavy (non-hydrogen) atoms. The van der Waals surface area contributed by atoms with Gasteiger partial charge < -0.3 is 17.0 Å². The summed E-state index contributed by atoms with van der Waals surface area (Å²) in [6, 6.07) is 31.4. The number of ketones is 1. The molecule has 128 valence electrons. The molecule has 4 heteroatoms. The standard InChI is InChI=1S/C21H19BrOP.BrH/c22-16-18(23)17-24(19-10-4-1-5-11-19,20-12-6-2-7-13-20)21-14-8-3-9-15-21;/h1-15H,16-17H2;1H/q+1;/p-1. The van der Waals surface area contributed by atoms with Crippen molar-refractivity contribution >= 4 is 44.9 Å². The molecular weight excluding hydrogens is 459 g/mol. The summed E-state index contributed by atoms with van der Waals surface area (Å²) >= 11 is 3.35. The van der Waals surface area contributed by atoms with Crippen LogP contribution >= 0.6 is 23.2 Å². The molecule has 0 aromatic heterocycles. The molecule has 0 spiro atoms. The molecule has 0 saturated carbocycles. The van der Waals surface area contributed by atoms with Crippen LogP contribution in [0.15, 0.2) is 91.0 Å². The molecule has 0 atom stereocenters. The highest BCUT2D eigenvalue weighted by molar-refractivity contribution is 9.09. The van der Waals surface area contributed by atoms with Crippen molar-refractivity contribution in [1.82, 2.24) is 0 Å². The van der Waals surface area contributed by atoms with Crippen LogP contribution in [0.25, 0.3) is 0 Å². The Morgan fingerprint density at radius 3 is 1.28 bits per heavy atom. The zero-order valence-corrected chi connectivity index (χ0v) is 17.8. The highest BCUT2D eigenvalue weighted by Crippen LogP contribution is 2.55. The van der Waals surface area contributed by atoms with Crippen LogP contribution in [0.3, 0.4) is 0 Å².